The fourth-order valence-corrected chi connectivity index (χ4v) is 5.53. The highest BCUT2D eigenvalue weighted by Crippen LogP contribution is 2.39. The van der Waals surface area contributed by atoms with Crippen molar-refractivity contribution in [3.63, 3.8) is 0 Å². The summed E-state index contributed by atoms with van der Waals surface area (Å²) in [6.07, 6.45) is 2.75. The van der Waals surface area contributed by atoms with Crippen LogP contribution in [0.1, 0.15) is 17.7 Å². The van der Waals surface area contributed by atoms with Crippen LogP contribution >= 0.6 is 15.9 Å². The molecule has 0 amide bonds. The van der Waals surface area contributed by atoms with Gasteiger partial charge in [-0.25, -0.2) is 12.4 Å². The van der Waals surface area contributed by atoms with Gasteiger partial charge in [0.25, 0.3) is 10.0 Å². The lowest BCUT2D eigenvalue weighted by molar-refractivity contribution is 0.587. The zero-order valence-corrected chi connectivity index (χ0v) is 14.2. The van der Waals surface area contributed by atoms with Gasteiger partial charge in [0, 0.05) is 15.6 Å². The van der Waals surface area contributed by atoms with Crippen LogP contribution in [0.4, 0.5) is 0 Å². The monoisotopic (exact) mass is 375 g/mol. The average Bonchev–Trinajstić information content (AvgIpc) is 3.08. The Kier molecular flexibility index (Phi) is 3.16. The molecule has 0 radical (unpaired) electrons. The maximum absolute atomic E-state index is 13.1. The number of halogens is 1. The molecule has 0 unspecified atom stereocenters. The van der Waals surface area contributed by atoms with Crippen molar-refractivity contribution in [1.29, 1.82) is 0 Å². The van der Waals surface area contributed by atoms with Crippen LogP contribution in [0.3, 0.4) is 0 Å². The van der Waals surface area contributed by atoms with Gasteiger partial charge in [0.05, 0.1) is 10.4 Å². The van der Waals surface area contributed by atoms with E-state index in [2.05, 4.69) is 15.9 Å². The Morgan fingerprint density at radius 3 is 2.50 bits per heavy atom. The van der Waals surface area contributed by atoms with Crippen molar-refractivity contribution in [2.24, 2.45) is 0 Å². The Labute approximate surface area is 137 Å². The molecule has 5 heteroatoms. The summed E-state index contributed by atoms with van der Waals surface area (Å²) < 4.78 is 28.8. The second kappa shape index (κ2) is 4.96. The first-order chi connectivity index (χ1) is 10.6. The third-order valence-electron chi connectivity index (χ3n) is 4.23. The molecule has 0 saturated carbocycles. The van der Waals surface area contributed by atoms with Gasteiger partial charge in [-0.05, 0) is 49.1 Å². The lowest BCUT2D eigenvalue weighted by Crippen LogP contribution is -2.15. The van der Waals surface area contributed by atoms with Crippen LogP contribution in [0.5, 0.6) is 0 Å². The normalized spacial score (nSPS) is 14.4. The van der Waals surface area contributed by atoms with Gasteiger partial charge in [0.15, 0.2) is 0 Å². The summed E-state index contributed by atoms with van der Waals surface area (Å²) >= 11 is 3.58. The zero-order chi connectivity index (χ0) is 15.3. The third-order valence-corrected chi connectivity index (χ3v) is 6.65. The van der Waals surface area contributed by atoms with Crippen molar-refractivity contribution in [1.82, 2.24) is 3.97 Å². The Morgan fingerprint density at radius 1 is 0.955 bits per heavy atom. The predicted molar refractivity (Wildman–Crippen MR) is 90.7 cm³/mol. The van der Waals surface area contributed by atoms with Crippen LogP contribution < -0.4 is 0 Å². The summed E-state index contributed by atoms with van der Waals surface area (Å²) in [6.45, 7) is 0. The summed E-state index contributed by atoms with van der Waals surface area (Å²) in [4.78, 5) is 0.335. The molecule has 1 heterocycles. The number of rotatable bonds is 2. The van der Waals surface area contributed by atoms with Gasteiger partial charge in [-0.3, -0.25) is 0 Å². The molecule has 1 aromatic heterocycles. The smallest absolute Gasteiger partial charge is 0.238 e. The lowest BCUT2D eigenvalue weighted by atomic mass is 10.1. The molecule has 0 atom stereocenters. The van der Waals surface area contributed by atoms with E-state index in [1.807, 2.05) is 24.3 Å². The van der Waals surface area contributed by atoms with Crippen LogP contribution in [0.25, 0.3) is 10.9 Å². The van der Waals surface area contributed by atoms with Crippen LogP contribution in [0.15, 0.2) is 57.9 Å². The molecule has 22 heavy (non-hydrogen) atoms. The minimum atomic E-state index is -3.57. The van der Waals surface area contributed by atoms with Gasteiger partial charge < -0.3 is 0 Å². The van der Waals surface area contributed by atoms with Crippen molar-refractivity contribution in [2.45, 2.75) is 24.2 Å². The molecule has 0 fully saturated rings. The number of aromatic nitrogens is 1. The second-order valence-corrected chi connectivity index (χ2v) is 8.14. The molecular weight excluding hydrogens is 362 g/mol. The van der Waals surface area contributed by atoms with Crippen LogP contribution in [0.2, 0.25) is 0 Å². The summed E-state index contributed by atoms with van der Waals surface area (Å²) in [7, 11) is -3.57. The first kappa shape index (κ1) is 14.0. The number of fused-ring (bicyclic) bond motifs is 3. The first-order valence-electron chi connectivity index (χ1n) is 7.22. The van der Waals surface area contributed by atoms with E-state index >= 15 is 0 Å². The van der Waals surface area contributed by atoms with Crippen molar-refractivity contribution >= 4 is 36.9 Å². The molecule has 1 aliphatic carbocycles. The van der Waals surface area contributed by atoms with Crippen molar-refractivity contribution < 1.29 is 8.42 Å². The van der Waals surface area contributed by atoms with Gasteiger partial charge in [0.2, 0.25) is 0 Å². The summed E-state index contributed by atoms with van der Waals surface area (Å²) in [5.74, 6) is 0. The number of hydrogen-bond donors (Lipinski definition) is 0. The van der Waals surface area contributed by atoms with Crippen LogP contribution in [-0.2, 0) is 22.9 Å². The number of benzene rings is 2. The second-order valence-electron chi connectivity index (χ2n) is 5.50. The maximum atomic E-state index is 13.1. The molecule has 3 aromatic rings. The van der Waals surface area contributed by atoms with Crippen molar-refractivity contribution in [2.75, 3.05) is 0 Å². The molecule has 0 bridgehead atoms. The van der Waals surface area contributed by atoms with E-state index in [1.165, 1.54) is 5.56 Å². The van der Waals surface area contributed by atoms with Crippen molar-refractivity contribution in [3.8, 4) is 0 Å². The standard InChI is InChI=1S/C17H14BrNO2S/c18-14-9-5-11-16-17(14)13-8-4-10-15(13)19(16)22(20,21)12-6-2-1-3-7-12/h1-3,5-7,9,11H,4,8,10H2. The topological polar surface area (TPSA) is 39.1 Å². The molecule has 0 aliphatic heterocycles. The molecule has 1 aliphatic rings. The quantitative estimate of drug-likeness (QED) is 0.675. The molecule has 0 spiro atoms. The fourth-order valence-electron chi connectivity index (χ4n) is 3.32. The van der Waals surface area contributed by atoms with E-state index in [-0.39, 0.29) is 0 Å². The number of aryl methyl sites for hydroxylation is 1. The third kappa shape index (κ3) is 1.88. The first-order valence-corrected chi connectivity index (χ1v) is 9.45. The van der Waals surface area contributed by atoms with E-state index in [0.29, 0.717) is 4.90 Å². The Balaban J connectivity index is 2.11. The lowest BCUT2D eigenvalue weighted by Gasteiger charge is -2.11. The Bertz CT molecular complexity index is 975. The molecule has 0 saturated heterocycles. The number of hydrogen-bond acceptors (Lipinski definition) is 2. The summed E-state index contributed by atoms with van der Waals surface area (Å²) in [5.41, 5.74) is 2.87. The largest absolute Gasteiger partial charge is 0.268 e. The van der Waals surface area contributed by atoms with Crippen molar-refractivity contribution in [3.05, 3.63) is 64.3 Å². The van der Waals surface area contributed by atoms with E-state index in [1.54, 1.807) is 28.2 Å². The highest BCUT2D eigenvalue weighted by molar-refractivity contribution is 9.10. The van der Waals surface area contributed by atoms with E-state index < -0.39 is 10.0 Å². The molecule has 3 nitrogen and oxygen atoms in total. The highest BCUT2D eigenvalue weighted by Gasteiger charge is 2.29. The Morgan fingerprint density at radius 2 is 1.73 bits per heavy atom. The molecule has 2 aromatic carbocycles. The van der Waals surface area contributed by atoms with Crippen LogP contribution in [0, 0.1) is 0 Å². The van der Waals surface area contributed by atoms with E-state index in [4.69, 9.17) is 0 Å². The van der Waals surface area contributed by atoms with Gasteiger partial charge >= 0.3 is 0 Å². The van der Waals surface area contributed by atoms with Crippen LogP contribution in [-0.4, -0.2) is 12.4 Å². The fraction of sp³-hybridized carbons (Fsp3) is 0.176. The minimum Gasteiger partial charge on any atom is -0.238 e. The SMILES string of the molecule is O=S(=O)(c1ccccc1)n1c2c(c3c(Br)cccc31)CCC2. The highest BCUT2D eigenvalue weighted by atomic mass is 79.9. The van der Waals surface area contributed by atoms with E-state index in [9.17, 15) is 8.42 Å². The molecular formula is C17H14BrNO2S. The Hall–Kier alpha value is -1.59. The molecule has 112 valence electrons. The minimum absolute atomic E-state index is 0.335. The predicted octanol–water partition coefficient (Wildman–Crippen LogP) is 4.13. The van der Waals surface area contributed by atoms with Gasteiger partial charge in [-0.15, -0.1) is 0 Å². The van der Waals surface area contributed by atoms with Gasteiger partial charge in [0.1, 0.15) is 0 Å². The number of nitrogens with zero attached hydrogens (tertiary/aromatic N) is 1. The maximum Gasteiger partial charge on any atom is 0.268 e. The summed E-state index contributed by atoms with van der Waals surface area (Å²) in [5, 5.41) is 1.04. The summed E-state index contributed by atoms with van der Waals surface area (Å²) in [6, 6.07) is 14.4. The molecule has 4 rings (SSSR count). The van der Waals surface area contributed by atoms with Gasteiger partial charge in [-0.1, -0.05) is 40.2 Å². The van der Waals surface area contributed by atoms with Gasteiger partial charge in [-0.2, -0.15) is 0 Å². The average molecular weight is 376 g/mol. The zero-order valence-electron chi connectivity index (χ0n) is 11.8. The van der Waals surface area contributed by atoms with E-state index in [0.717, 1.165) is 40.3 Å². The molecule has 0 N–H and O–H groups in total.